The summed E-state index contributed by atoms with van der Waals surface area (Å²) in [5.74, 6) is 0. The van der Waals surface area contributed by atoms with Gasteiger partial charge in [0.2, 0.25) is 0 Å². The summed E-state index contributed by atoms with van der Waals surface area (Å²) in [6.07, 6.45) is 0. The Balaban J connectivity index is 3.17. The van der Waals surface area contributed by atoms with Gasteiger partial charge in [0.15, 0.2) is 0 Å². The van der Waals surface area contributed by atoms with Gasteiger partial charge >= 0.3 is 0 Å². The molecule has 0 heterocycles. The van der Waals surface area contributed by atoms with E-state index >= 15 is 0 Å². The maximum atomic E-state index is 3.38. The van der Waals surface area contributed by atoms with E-state index in [4.69, 9.17) is 0 Å². The minimum absolute atomic E-state index is 1.02. The van der Waals surface area contributed by atoms with Gasteiger partial charge in [0.1, 0.15) is 0 Å². The SMILES string of the molecule is CNc1c(Br)c[c]cc1Br. The molecule has 10 heavy (non-hydrogen) atoms. The summed E-state index contributed by atoms with van der Waals surface area (Å²) in [6, 6.07) is 6.71. The van der Waals surface area contributed by atoms with E-state index in [1.165, 1.54) is 0 Å². The van der Waals surface area contributed by atoms with Crippen molar-refractivity contribution < 1.29 is 0 Å². The third-order valence-electron chi connectivity index (χ3n) is 1.15. The molecule has 0 saturated carbocycles. The van der Waals surface area contributed by atoms with E-state index < -0.39 is 0 Å². The lowest BCUT2D eigenvalue weighted by molar-refractivity contribution is 1.46. The zero-order chi connectivity index (χ0) is 7.56. The largest absolute Gasteiger partial charge is 0.386 e. The molecule has 0 amide bonds. The van der Waals surface area contributed by atoms with Crippen molar-refractivity contribution >= 4 is 37.5 Å². The molecular formula is C7H6Br2N. The molecular weight excluding hydrogens is 258 g/mol. The van der Waals surface area contributed by atoms with Crippen LogP contribution in [0.25, 0.3) is 0 Å². The highest BCUT2D eigenvalue weighted by molar-refractivity contribution is 9.11. The Morgan fingerprint density at radius 2 is 1.80 bits per heavy atom. The van der Waals surface area contributed by atoms with E-state index in [0.29, 0.717) is 0 Å². The highest BCUT2D eigenvalue weighted by Gasteiger charge is 1.99. The van der Waals surface area contributed by atoms with Crippen molar-refractivity contribution in [2.45, 2.75) is 0 Å². The van der Waals surface area contributed by atoms with Gasteiger partial charge < -0.3 is 5.32 Å². The predicted molar refractivity (Wildman–Crippen MR) is 50.2 cm³/mol. The third kappa shape index (κ3) is 1.52. The summed E-state index contributed by atoms with van der Waals surface area (Å²) in [5.41, 5.74) is 1.05. The van der Waals surface area contributed by atoms with Crippen molar-refractivity contribution in [3.05, 3.63) is 27.1 Å². The molecule has 0 aliphatic carbocycles. The fourth-order valence-corrected chi connectivity index (χ4v) is 2.04. The fourth-order valence-electron chi connectivity index (χ4n) is 0.685. The highest BCUT2D eigenvalue weighted by atomic mass is 79.9. The van der Waals surface area contributed by atoms with Gasteiger partial charge in [-0.25, -0.2) is 0 Å². The van der Waals surface area contributed by atoms with Crippen LogP contribution in [0.3, 0.4) is 0 Å². The molecule has 1 nitrogen and oxygen atoms in total. The molecule has 0 atom stereocenters. The van der Waals surface area contributed by atoms with Crippen LogP contribution in [0.1, 0.15) is 0 Å². The lowest BCUT2D eigenvalue weighted by atomic mass is 10.3. The van der Waals surface area contributed by atoms with Crippen molar-refractivity contribution in [3.63, 3.8) is 0 Å². The van der Waals surface area contributed by atoms with E-state index in [9.17, 15) is 0 Å². The monoisotopic (exact) mass is 262 g/mol. The van der Waals surface area contributed by atoms with Crippen LogP contribution in [0, 0.1) is 6.07 Å². The zero-order valence-electron chi connectivity index (χ0n) is 5.41. The quantitative estimate of drug-likeness (QED) is 0.821. The highest BCUT2D eigenvalue weighted by Crippen LogP contribution is 2.29. The summed E-state index contributed by atoms with van der Waals surface area (Å²) in [6.45, 7) is 0. The number of hydrogen-bond donors (Lipinski definition) is 1. The van der Waals surface area contributed by atoms with Gasteiger partial charge in [-0.1, -0.05) is 0 Å². The van der Waals surface area contributed by atoms with Gasteiger partial charge in [-0.3, -0.25) is 0 Å². The Kier molecular flexibility index (Phi) is 2.74. The van der Waals surface area contributed by atoms with Crippen LogP contribution in [0.15, 0.2) is 21.1 Å². The average molecular weight is 264 g/mol. The van der Waals surface area contributed by atoms with Crippen LogP contribution in [0.4, 0.5) is 5.69 Å². The Labute approximate surface area is 77.1 Å². The molecule has 0 fully saturated rings. The molecule has 1 radical (unpaired) electrons. The van der Waals surface area contributed by atoms with E-state index in [-0.39, 0.29) is 0 Å². The first-order valence-corrected chi connectivity index (χ1v) is 4.37. The number of nitrogens with one attached hydrogen (secondary N) is 1. The van der Waals surface area contributed by atoms with Gasteiger partial charge in [0, 0.05) is 16.0 Å². The molecule has 0 aromatic heterocycles. The number of halogens is 2. The van der Waals surface area contributed by atoms with Crippen molar-refractivity contribution in [1.29, 1.82) is 0 Å². The Morgan fingerprint density at radius 1 is 1.30 bits per heavy atom. The molecule has 1 rings (SSSR count). The second kappa shape index (κ2) is 3.39. The van der Waals surface area contributed by atoms with Crippen LogP contribution in [-0.2, 0) is 0 Å². The van der Waals surface area contributed by atoms with E-state index in [1.807, 2.05) is 19.2 Å². The minimum atomic E-state index is 1.02. The van der Waals surface area contributed by atoms with E-state index in [2.05, 4.69) is 43.2 Å². The molecule has 0 aliphatic rings. The molecule has 1 aromatic carbocycles. The summed E-state index contributed by atoms with van der Waals surface area (Å²) in [4.78, 5) is 0. The second-order valence-electron chi connectivity index (χ2n) is 1.78. The molecule has 53 valence electrons. The first-order chi connectivity index (χ1) is 4.75. The topological polar surface area (TPSA) is 12.0 Å². The lowest BCUT2D eigenvalue weighted by Gasteiger charge is -2.04. The normalized spacial score (nSPS) is 9.50. The van der Waals surface area contributed by atoms with Crippen molar-refractivity contribution in [3.8, 4) is 0 Å². The van der Waals surface area contributed by atoms with Crippen LogP contribution >= 0.6 is 31.9 Å². The van der Waals surface area contributed by atoms with Gasteiger partial charge in [0.25, 0.3) is 0 Å². The molecule has 3 heteroatoms. The molecule has 0 unspecified atom stereocenters. The lowest BCUT2D eigenvalue weighted by Crippen LogP contribution is -1.89. The standard InChI is InChI=1S/C7H6Br2N/c1-10-7-5(8)3-2-4-6(7)9/h3-4,10H,1H3. The maximum absolute atomic E-state index is 3.38. The van der Waals surface area contributed by atoms with Gasteiger partial charge in [-0.2, -0.15) is 0 Å². The molecule has 0 spiro atoms. The Morgan fingerprint density at radius 3 is 2.10 bits per heavy atom. The summed E-state index contributed by atoms with van der Waals surface area (Å²) in [5, 5.41) is 3.05. The number of benzene rings is 1. The summed E-state index contributed by atoms with van der Waals surface area (Å²) < 4.78 is 2.04. The maximum Gasteiger partial charge on any atom is 0.0626 e. The van der Waals surface area contributed by atoms with Gasteiger partial charge in [0.05, 0.1) is 5.69 Å². The third-order valence-corrected chi connectivity index (χ3v) is 2.40. The van der Waals surface area contributed by atoms with Crippen LogP contribution in [0.5, 0.6) is 0 Å². The van der Waals surface area contributed by atoms with Crippen molar-refractivity contribution in [2.24, 2.45) is 0 Å². The van der Waals surface area contributed by atoms with Crippen LogP contribution < -0.4 is 5.32 Å². The van der Waals surface area contributed by atoms with Crippen LogP contribution in [0.2, 0.25) is 0 Å². The predicted octanol–water partition coefficient (Wildman–Crippen LogP) is 3.05. The first-order valence-electron chi connectivity index (χ1n) is 2.78. The molecule has 0 saturated heterocycles. The van der Waals surface area contributed by atoms with Crippen molar-refractivity contribution in [2.75, 3.05) is 12.4 Å². The molecule has 0 bridgehead atoms. The average Bonchev–Trinajstić information content (AvgIpc) is 1.88. The van der Waals surface area contributed by atoms with Crippen LogP contribution in [-0.4, -0.2) is 7.05 Å². The Bertz CT molecular complexity index is 215. The number of rotatable bonds is 1. The summed E-state index contributed by atoms with van der Waals surface area (Å²) >= 11 is 6.77. The van der Waals surface area contributed by atoms with Crippen molar-refractivity contribution in [1.82, 2.24) is 0 Å². The molecule has 0 aliphatic heterocycles. The fraction of sp³-hybridized carbons (Fsp3) is 0.143. The summed E-state index contributed by atoms with van der Waals surface area (Å²) in [7, 11) is 1.88. The van der Waals surface area contributed by atoms with Gasteiger partial charge in [-0.15, -0.1) is 0 Å². The van der Waals surface area contributed by atoms with E-state index in [0.717, 1.165) is 14.6 Å². The number of anilines is 1. The van der Waals surface area contributed by atoms with E-state index in [1.54, 1.807) is 0 Å². The number of hydrogen-bond acceptors (Lipinski definition) is 1. The first kappa shape index (κ1) is 8.08. The molecule has 1 aromatic rings. The Hall–Kier alpha value is -0.0200. The van der Waals surface area contributed by atoms with Gasteiger partial charge in [-0.05, 0) is 50.1 Å². The molecule has 1 N–H and O–H groups in total. The zero-order valence-corrected chi connectivity index (χ0v) is 8.58. The second-order valence-corrected chi connectivity index (χ2v) is 3.48. The smallest absolute Gasteiger partial charge is 0.0626 e. The minimum Gasteiger partial charge on any atom is -0.386 e.